The number of ether oxygens (including phenoxy) is 3. The van der Waals surface area contributed by atoms with Gasteiger partial charge in [-0.05, 0) is 18.1 Å². The minimum atomic E-state index is -4.46. The zero-order chi connectivity index (χ0) is 19.0. The summed E-state index contributed by atoms with van der Waals surface area (Å²) in [5.41, 5.74) is 0.638. The number of halogens is 3. The molecule has 0 atom stereocenters. The van der Waals surface area contributed by atoms with E-state index in [-0.39, 0.29) is 19.4 Å². The maximum Gasteiger partial charge on any atom is 0.406 e. The quantitative estimate of drug-likeness (QED) is 0.634. The maximum atomic E-state index is 12.6. The van der Waals surface area contributed by atoms with Gasteiger partial charge in [-0.15, -0.1) is 6.58 Å². The van der Waals surface area contributed by atoms with E-state index in [2.05, 4.69) is 6.58 Å². The Morgan fingerprint density at radius 1 is 1.16 bits per heavy atom. The molecule has 1 aromatic carbocycles. The first-order valence-corrected chi connectivity index (χ1v) is 7.50. The Kier molecular flexibility index (Phi) is 7.60. The molecule has 25 heavy (non-hydrogen) atoms. The molecule has 1 amide bonds. The van der Waals surface area contributed by atoms with Crippen LogP contribution in [0.4, 0.5) is 13.2 Å². The van der Waals surface area contributed by atoms with Crippen molar-refractivity contribution in [2.24, 2.45) is 0 Å². The second-order valence-corrected chi connectivity index (χ2v) is 5.17. The highest BCUT2D eigenvalue weighted by Crippen LogP contribution is 2.40. The number of carbonyl (C=O) groups excluding carboxylic acids is 1. The molecule has 0 spiro atoms. The van der Waals surface area contributed by atoms with Gasteiger partial charge >= 0.3 is 6.18 Å². The fourth-order valence-electron chi connectivity index (χ4n) is 2.39. The van der Waals surface area contributed by atoms with E-state index in [1.54, 1.807) is 12.1 Å². The van der Waals surface area contributed by atoms with Crippen molar-refractivity contribution in [2.75, 3.05) is 34.4 Å². The van der Waals surface area contributed by atoms with Crippen LogP contribution in [0, 0.1) is 0 Å². The molecule has 0 N–H and O–H groups in total. The molecule has 0 saturated heterocycles. The summed E-state index contributed by atoms with van der Waals surface area (Å²) >= 11 is 0. The van der Waals surface area contributed by atoms with Gasteiger partial charge in [0, 0.05) is 13.0 Å². The molecule has 8 heteroatoms. The van der Waals surface area contributed by atoms with Crippen LogP contribution in [0.5, 0.6) is 17.2 Å². The van der Waals surface area contributed by atoms with Gasteiger partial charge < -0.3 is 19.1 Å². The molecule has 0 saturated carbocycles. The smallest absolute Gasteiger partial charge is 0.406 e. The summed E-state index contributed by atoms with van der Waals surface area (Å²) < 4.78 is 53.4. The first-order chi connectivity index (χ1) is 11.8. The lowest BCUT2D eigenvalue weighted by Gasteiger charge is -2.23. The summed E-state index contributed by atoms with van der Waals surface area (Å²) in [6, 6.07) is 3.34. The first-order valence-electron chi connectivity index (χ1n) is 7.50. The van der Waals surface area contributed by atoms with E-state index in [1.165, 1.54) is 27.4 Å². The van der Waals surface area contributed by atoms with Crippen molar-refractivity contribution in [3.05, 3.63) is 30.4 Å². The largest absolute Gasteiger partial charge is 0.493 e. The number of rotatable bonds is 9. The molecular formula is C17H22F3NO4. The standard InChI is InChI=1S/C17H22F3NO4/c1-5-10-21(11-17(18,19)20)14(22)9-7-12-6-8-13(23-2)16(25-4)15(12)24-3/h5-6,8H,1,7,9-11H2,2-4H3. The van der Waals surface area contributed by atoms with Crippen LogP contribution in [0.25, 0.3) is 0 Å². The Hall–Kier alpha value is -2.38. The minimum absolute atomic E-state index is 0.101. The molecule has 0 bridgehead atoms. The van der Waals surface area contributed by atoms with Crippen LogP contribution in [-0.2, 0) is 11.2 Å². The molecule has 0 aliphatic carbocycles. The van der Waals surface area contributed by atoms with Gasteiger partial charge in [-0.2, -0.15) is 13.2 Å². The van der Waals surface area contributed by atoms with Crippen LogP contribution in [0.15, 0.2) is 24.8 Å². The van der Waals surface area contributed by atoms with Gasteiger partial charge in [0.2, 0.25) is 11.7 Å². The van der Waals surface area contributed by atoms with Crippen LogP contribution >= 0.6 is 0 Å². The van der Waals surface area contributed by atoms with Crippen molar-refractivity contribution >= 4 is 5.91 Å². The second kappa shape index (κ2) is 9.19. The second-order valence-electron chi connectivity index (χ2n) is 5.17. The van der Waals surface area contributed by atoms with E-state index in [0.29, 0.717) is 22.8 Å². The van der Waals surface area contributed by atoms with Gasteiger partial charge in [-0.25, -0.2) is 0 Å². The molecule has 0 aromatic heterocycles. The zero-order valence-corrected chi connectivity index (χ0v) is 14.5. The molecule has 0 unspecified atom stereocenters. The van der Waals surface area contributed by atoms with Crippen LogP contribution in [0.1, 0.15) is 12.0 Å². The molecular weight excluding hydrogens is 339 g/mol. The molecule has 0 aliphatic heterocycles. The summed E-state index contributed by atoms with van der Waals surface area (Å²) in [4.78, 5) is 12.9. The third-order valence-corrected chi connectivity index (χ3v) is 3.47. The number of aryl methyl sites for hydroxylation is 1. The number of nitrogens with zero attached hydrogens (tertiary/aromatic N) is 1. The minimum Gasteiger partial charge on any atom is -0.493 e. The van der Waals surface area contributed by atoms with E-state index < -0.39 is 18.6 Å². The molecule has 0 radical (unpaired) electrons. The van der Waals surface area contributed by atoms with Crippen LogP contribution in [0.3, 0.4) is 0 Å². The van der Waals surface area contributed by atoms with Crippen LogP contribution < -0.4 is 14.2 Å². The Labute approximate surface area is 145 Å². The van der Waals surface area contributed by atoms with Gasteiger partial charge in [0.15, 0.2) is 11.5 Å². The first kappa shape index (κ1) is 20.7. The average molecular weight is 361 g/mol. The van der Waals surface area contributed by atoms with Crippen molar-refractivity contribution in [1.82, 2.24) is 4.90 Å². The molecule has 1 aromatic rings. The zero-order valence-electron chi connectivity index (χ0n) is 14.5. The molecule has 0 fully saturated rings. The van der Waals surface area contributed by atoms with E-state index in [9.17, 15) is 18.0 Å². The number of carbonyl (C=O) groups is 1. The van der Waals surface area contributed by atoms with Crippen LogP contribution in [0.2, 0.25) is 0 Å². The van der Waals surface area contributed by atoms with Crippen LogP contribution in [-0.4, -0.2) is 51.4 Å². The van der Waals surface area contributed by atoms with Crippen molar-refractivity contribution in [3.63, 3.8) is 0 Å². The lowest BCUT2D eigenvalue weighted by molar-refractivity contribution is -0.160. The predicted octanol–water partition coefficient (Wildman–Crippen LogP) is 3.22. The highest BCUT2D eigenvalue weighted by molar-refractivity contribution is 5.77. The SMILES string of the molecule is C=CCN(CC(F)(F)F)C(=O)CCc1ccc(OC)c(OC)c1OC. The van der Waals surface area contributed by atoms with E-state index >= 15 is 0 Å². The summed E-state index contributed by atoms with van der Waals surface area (Å²) in [6.07, 6.45) is -3.09. The predicted molar refractivity (Wildman–Crippen MR) is 87.3 cm³/mol. The monoisotopic (exact) mass is 361 g/mol. The van der Waals surface area contributed by atoms with Crippen molar-refractivity contribution in [3.8, 4) is 17.2 Å². The number of methoxy groups -OCH3 is 3. The number of amides is 1. The van der Waals surface area contributed by atoms with Crippen molar-refractivity contribution < 1.29 is 32.2 Å². The fraction of sp³-hybridized carbons (Fsp3) is 0.471. The fourth-order valence-corrected chi connectivity index (χ4v) is 2.39. The number of hydrogen-bond donors (Lipinski definition) is 0. The van der Waals surface area contributed by atoms with Gasteiger partial charge in [0.25, 0.3) is 0 Å². The van der Waals surface area contributed by atoms with E-state index in [1.807, 2.05) is 0 Å². The highest BCUT2D eigenvalue weighted by atomic mass is 19.4. The average Bonchev–Trinajstić information content (AvgIpc) is 2.56. The molecule has 1 rings (SSSR count). The summed E-state index contributed by atoms with van der Waals surface area (Å²) in [5.74, 6) is 0.600. The normalized spacial score (nSPS) is 11.0. The summed E-state index contributed by atoms with van der Waals surface area (Å²) in [5, 5.41) is 0. The third-order valence-electron chi connectivity index (χ3n) is 3.47. The van der Waals surface area contributed by atoms with E-state index in [0.717, 1.165) is 4.90 Å². The van der Waals surface area contributed by atoms with Crippen molar-refractivity contribution in [2.45, 2.75) is 19.0 Å². The Morgan fingerprint density at radius 2 is 1.80 bits per heavy atom. The lowest BCUT2D eigenvalue weighted by Crippen LogP contribution is -2.39. The number of benzene rings is 1. The molecule has 140 valence electrons. The lowest BCUT2D eigenvalue weighted by atomic mass is 10.1. The topological polar surface area (TPSA) is 48.0 Å². The number of hydrogen-bond acceptors (Lipinski definition) is 4. The summed E-state index contributed by atoms with van der Waals surface area (Å²) in [7, 11) is 4.37. The molecule has 0 heterocycles. The Bertz CT molecular complexity index is 602. The van der Waals surface area contributed by atoms with Gasteiger partial charge in [-0.3, -0.25) is 4.79 Å². The van der Waals surface area contributed by atoms with Gasteiger partial charge in [0.05, 0.1) is 21.3 Å². The Balaban J connectivity index is 2.92. The maximum absolute atomic E-state index is 12.6. The third kappa shape index (κ3) is 5.88. The Morgan fingerprint density at radius 3 is 2.28 bits per heavy atom. The number of alkyl halides is 3. The molecule has 0 aliphatic rings. The molecule has 5 nitrogen and oxygen atoms in total. The highest BCUT2D eigenvalue weighted by Gasteiger charge is 2.32. The van der Waals surface area contributed by atoms with Crippen molar-refractivity contribution in [1.29, 1.82) is 0 Å². The summed E-state index contributed by atoms with van der Waals surface area (Å²) in [6.45, 7) is 1.92. The van der Waals surface area contributed by atoms with E-state index in [4.69, 9.17) is 14.2 Å². The van der Waals surface area contributed by atoms with Gasteiger partial charge in [-0.1, -0.05) is 12.1 Å². The van der Waals surface area contributed by atoms with Gasteiger partial charge in [0.1, 0.15) is 6.54 Å².